The molecule has 0 saturated heterocycles. The first-order valence-corrected chi connectivity index (χ1v) is 8.40. The molecule has 0 heteroatoms. The fraction of sp³-hybridized carbons (Fsp3) is 0.455. The molecule has 0 N–H and O–H groups in total. The minimum absolute atomic E-state index is 0.550. The van der Waals surface area contributed by atoms with Gasteiger partial charge in [-0.15, -0.1) is 0 Å². The lowest BCUT2D eigenvalue weighted by Crippen LogP contribution is -1.89. The molecular formula is C22H38. The molecule has 1 rings (SSSR count). The number of benzene rings is 1. The van der Waals surface area contributed by atoms with E-state index in [1.165, 1.54) is 16.7 Å². The molecular weight excluding hydrogens is 264 g/mol. The van der Waals surface area contributed by atoms with Crippen LogP contribution in [-0.2, 0) is 0 Å². The van der Waals surface area contributed by atoms with Gasteiger partial charge in [-0.2, -0.15) is 0 Å². The van der Waals surface area contributed by atoms with E-state index >= 15 is 0 Å². The maximum atomic E-state index is 3.80. The molecule has 0 nitrogen and oxygen atoms in total. The first-order valence-electron chi connectivity index (χ1n) is 8.40. The molecule has 0 radical (unpaired) electrons. The van der Waals surface area contributed by atoms with Crippen LogP contribution in [0.2, 0.25) is 0 Å². The second kappa shape index (κ2) is 17.5. The highest BCUT2D eigenvalue weighted by Gasteiger charge is 1.96. The summed E-state index contributed by atoms with van der Waals surface area (Å²) >= 11 is 0. The summed E-state index contributed by atoms with van der Waals surface area (Å²) < 4.78 is 0. The van der Waals surface area contributed by atoms with Gasteiger partial charge in [0.25, 0.3) is 0 Å². The predicted octanol–water partition coefficient (Wildman–Crippen LogP) is 7.69. The molecule has 0 aliphatic heterocycles. The van der Waals surface area contributed by atoms with Gasteiger partial charge in [-0.05, 0) is 43.4 Å². The Hall–Kier alpha value is -1.56. The molecule has 0 bridgehead atoms. The molecule has 1 aromatic rings. The van der Waals surface area contributed by atoms with E-state index in [1.54, 1.807) is 0 Å². The average Bonchev–Trinajstić information content (AvgIpc) is 2.52. The highest BCUT2D eigenvalue weighted by atomic mass is 14.0. The van der Waals surface area contributed by atoms with E-state index in [0.29, 0.717) is 5.92 Å². The van der Waals surface area contributed by atoms with Crippen LogP contribution in [0.5, 0.6) is 0 Å². The van der Waals surface area contributed by atoms with Gasteiger partial charge >= 0.3 is 0 Å². The van der Waals surface area contributed by atoms with Gasteiger partial charge in [0.1, 0.15) is 0 Å². The lowest BCUT2D eigenvalue weighted by molar-refractivity contribution is 0.791. The van der Waals surface area contributed by atoms with E-state index in [2.05, 4.69) is 71.2 Å². The second-order valence-electron chi connectivity index (χ2n) is 4.93. The molecule has 0 aliphatic rings. The van der Waals surface area contributed by atoms with Crippen molar-refractivity contribution in [2.45, 2.75) is 62.3 Å². The van der Waals surface area contributed by atoms with Crippen LogP contribution < -0.4 is 0 Å². The van der Waals surface area contributed by atoms with Gasteiger partial charge in [0, 0.05) is 0 Å². The molecule has 1 aromatic carbocycles. The minimum atomic E-state index is 0.550. The number of aryl methyl sites for hydroxylation is 2. The zero-order valence-corrected chi connectivity index (χ0v) is 16.5. The highest BCUT2D eigenvalue weighted by molar-refractivity contribution is 5.27. The Morgan fingerprint density at radius 2 is 1.32 bits per heavy atom. The molecule has 0 unspecified atom stereocenters. The summed E-state index contributed by atoms with van der Waals surface area (Å²) in [5.74, 6) is 0.550. The van der Waals surface area contributed by atoms with E-state index in [-0.39, 0.29) is 0 Å². The predicted molar refractivity (Wildman–Crippen MR) is 107 cm³/mol. The lowest BCUT2D eigenvalue weighted by Gasteiger charge is -2.04. The Morgan fingerprint density at radius 3 is 1.45 bits per heavy atom. The molecule has 0 saturated carbocycles. The minimum Gasteiger partial charge on any atom is -0.0988 e. The van der Waals surface area contributed by atoms with Crippen LogP contribution >= 0.6 is 0 Å². The van der Waals surface area contributed by atoms with Gasteiger partial charge in [-0.1, -0.05) is 96.7 Å². The lowest BCUT2D eigenvalue weighted by atomic mass is 10.0. The van der Waals surface area contributed by atoms with Crippen LogP contribution in [0.3, 0.4) is 0 Å². The van der Waals surface area contributed by atoms with Crippen LogP contribution in [-0.4, -0.2) is 0 Å². The number of rotatable bonds is 3. The van der Waals surface area contributed by atoms with Crippen LogP contribution in [0.25, 0.3) is 0 Å². The normalized spacial score (nSPS) is 9.27. The summed E-state index contributed by atoms with van der Waals surface area (Å²) in [4.78, 5) is 0. The highest BCUT2D eigenvalue weighted by Crippen LogP contribution is 2.11. The first-order chi connectivity index (χ1) is 10.4. The third-order valence-electron chi connectivity index (χ3n) is 2.74. The number of allylic oxidation sites excluding steroid dienone is 4. The maximum absolute atomic E-state index is 3.80. The van der Waals surface area contributed by atoms with Crippen molar-refractivity contribution in [3.8, 4) is 0 Å². The SMILES string of the molecule is C=C/C(=C\C(=C)C)C(C)C.CC.CC.Cc1ccccc1C. The number of hydrogen-bond donors (Lipinski definition) is 0. The standard InChI is InChI=1S/C10H16.C8H10.2C2H6/c1-6-10(9(4)5)7-8(2)3;1-7-5-3-4-6-8(7)2;2*1-2/h6-7,9H,1-2H2,3-5H3;3-6H,1-2H3;2*1-2H3/b10-7+;;;. The third kappa shape index (κ3) is 14.8. The summed E-state index contributed by atoms with van der Waals surface area (Å²) in [6.45, 7) is 26.1. The average molecular weight is 303 g/mol. The first kappa shape index (κ1) is 25.4. The van der Waals surface area contributed by atoms with Crippen LogP contribution in [0.1, 0.15) is 59.6 Å². The molecule has 0 atom stereocenters. The molecule has 0 fully saturated rings. The molecule has 0 spiro atoms. The molecule has 0 heterocycles. The van der Waals surface area contributed by atoms with Crippen LogP contribution in [0.15, 0.2) is 60.7 Å². The van der Waals surface area contributed by atoms with Gasteiger partial charge in [-0.3, -0.25) is 0 Å². The van der Waals surface area contributed by atoms with E-state index in [9.17, 15) is 0 Å². The van der Waals surface area contributed by atoms with E-state index < -0.39 is 0 Å². The Balaban J connectivity index is -0.000000270. The van der Waals surface area contributed by atoms with Crippen molar-refractivity contribution >= 4 is 0 Å². The van der Waals surface area contributed by atoms with Crippen molar-refractivity contribution in [1.29, 1.82) is 0 Å². The summed E-state index contributed by atoms with van der Waals surface area (Å²) in [5, 5.41) is 0. The van der Waals surface area contributed by atoms with Gasteiger partial charge in [0.15, 0.2) is 0 Å². The van der Waals surface area contributed by atoms with Crippen molar-refractivity contribution < 1.29 is 0 Å². The Morgan fingerprint density at radius 1 is 0.955 bits per heavy atom. The summed E-state index contributed by atoms with van der Waals surface area (Å²) in [6.07, 6.45) is 3.96. The van der Waals surface area contributed by atoms with Gasteiger partial charge < -0.3 is 0 Å². The molecule has 0 aliphatic carbocycles. The van der Waals surface area contributed by atoms with Crippen molar-refractivity contribution in [3.63, 3.8) is 0 Å². The summed E-state index contributed by atoms with van der Waals surface area (Å²) in [6, 6.07) is 8.36. The Labute approximate surface area is 140 Å². The third-order valence-corrected chi connectivity index (χ3v) is 2.74. The fourth-order valence-corrected chi connectivity index (χ4v) is 1.41. The van der Waals surface area contributed by atoms with E-state index in [0.717, 1.165) is 5.57 Å². The molecule has 22 heavy (non-hydrogen) atoms. The van der Waals surface area contributed by atoms with Gasteiger partial charge in [0.05, 0.1) is 0 Å². The smallest absolute Gasteiger partial charge is 0.0219 e. The van der Waals surface area contributed by atoms with Gasteiger partial charge in [0.2, 0.25) is 0 Å². The van der Waals surface area contributed by atoms with Gasteiger partial charge in [-0.25, -0.2) is 0 Å². The molecule has 0 aromatic heterocycles. The largest absolute Gasteiger partial charge is 0.0988 e. The second-order valence-corrected chi connectivity index (χ2v) is 4.93. The molecule has 126 valence electrons. The van der Waals surface area contributed by atoms with E-state index in [1.807, 2.05) is 40.7 Å². The zero-order valence-electron chi connectivity index (χ0n) is 16.5. The Bertz CT molecular complexity index is 398. The zero-order chi connectivity index (χ0) is 18.1. The number of hydrogen-bond acceptors (Lipinski definition) is 0. The summed E-state index contributed by atoms with van der Waals surface area (Å²) in [5.41, 5.74) is 5.08. The van der Waals surface area contributed by atoms with Crippen LogP contribution in [0.4, 0.5) is 0 Å². The van der Waals surface area contributed by atoms with Crippen molar-refractivity contribution in [1.82, 2.24) is 0 Å². The van der Waals surface area contributed by atoms with Crippen molar-refractivity contribution in [2.24, 2.45) is 5.92 Å². The molecule has 0 amide bonds. The Kier molecular flexibility index (Phi) is 20.2. The van der Waals surface area contributed by atoms with Crippen LogP contribution in [0, 0.1) is 19.8 Å². The summed E-state index contributed by atoms with van der Waals surface area (Å²) in [7, 11) is 0. The van der Waals surface area contributed by atoms with Crippen molar-refractivity contribution in [3.05, 3.63) is 71.8 Å². The monoisotopic (exact) mass is 302 g/mol. The quantitative estimate of drug-likeness (QED) is 0.502. The topological polar surface area (TPSA) is 0 Å². The maximum Gasteiger partial charge on any atom is -0.0219 e. The fourth-order valence-electron chi connectivity index (χ4n) is 1.41. The van der Waals surface area contributed by atoms with Crippen molar-refractivity contribution in [2.75, 3.05) is 0 Å². The van der Waals surface area contributed by atoms with E-state index in [4.69, 9.17) is 0 Å².